The van der Waals surface area contributed by atoms with Crippen LogP contribution in [0.15, 0.2) is 12.1 Å². The van der Waals surface area contributed by atoms with E-state index in [9.17, 15) is 4.79 Å². The second-order valence-electron chi connectivity index (χ2n) is 4.02. The highest BCUT2D eigenvalue weighted by atomic mass is 35.5. The Bertz CT molecular complexity index is 427. The highest BCUT2D eigenvalue weighted by molar-refractivity contribution is 5.85. The Morgan fingerprint density at radius 1 is 1.20 bits per heavy atom. The van der Waals surface area contributed by atoms with E-state index < -0.39 is 6.04 Å². The van der Waals surface area contributed by atoms with Crippen LogP contribution in [0.5, 0.6) is 17.2 Å². The van der Waals surface area contributed by atoms with Gasteiger partial charge in [0.2, 0.25) is 5.91 Å². The lowest BCUT2D eigenvalue weighted by Gasteiger charge is -2.16. The number of rotatable bonds is 6. The Morgan fingerprint density at radius 2 is 1.70 bits per heavy atom. The number of halogens is 1. The fourth-order valence-electron chi connectivity index (χ4n) is 1.59. The topological polar surface area (TPSA) is 82.8 Å². The van der Waals surface area contributed by atoms with Crippen molar-refractivity contribution in [2.24, 2.45) is 5.73 Å². The maximum atomic E-state index is 11.5. The SMILES string of the molecule is COc1cc(OC)c(CNC(=O)[C@H](C)N)c(OC)c1.Cl. The third-order valence-corrected chi connectivity index (χ3v) is 2.67. The van der Waals surface area contributed by atoms with E-state index in [2.05, 4.69) is 5.32 Å². The molecule has 0 unspecified atom stereocenters. The minimum Gasteiger partial charge on any atom is -0.496 e. The van der Waals surface area contributed by atoms with E-state index in [0.717, 1.165) is 5.56 Å². The zero-order valence-electron chi connectivity index (χ0n) is 12.1. The number of benzene rings is 1. The molecule has 1 rings (SSSR count). The first-order valence-electron chi connectivity index (χ1n) is 5.85. The molecule has 0 aliphatic rings. The van der Waals surface area contributed by atoms with E-state index in [1.165, 1.54) is 0 Å². The van der Waals surface area contributed by atoms with Crippen molar-refractivity contribution < 1.29 is 19.0 Å². The molecule has 0 aromatic heterocycles. The summed E-state index contributed by atoms with van der Waals surface area (Å²) in [6.07, 6.45) is 0. The first kappa shape index (κ1) is 18.3. The summed E-state index contributed by atoms with van der Waals surface area (Å²) >= 11 is 0. The number of hydrogen-bond donors (Lipinski definition) is 2. The van der Waals surface area contributed by atoms with E-state index in [0.29, 0.717) is 17.2 Å². The van der Waals surface area contributed by atoms with Crippen LogP contribution < -0.4 is 25.3 Å². The second-order valence-corrected chi connectivity index (χ2v) is 4.02. The third-order valence-electron chi connectivity index (χ3n) is 2.67. The molecule has 20 heavy (non-hydrogen) atoms. The number of amides is 1. The number of ether oxygens (including phenoxy) is 3. The Kier molecular flexibility index (Phi) is 7.79. The summed E-state index contributed by atoms with van der Waals surface area (Å²) in [7, 11) is 4.65. The number of nitrogens with one attached hydrogen (secondary N) is 1. The maximum Gasteiger partial charge on any atom is 0.236 e. The molecule has 0 spiro atoms. The van der Waals surface area contributed by atoms with Gasteiger partial charge < -0.3 is 25.3 Å². The molecule has 1 atom stereocenters. The van der Waals surface area contributed by atoms with Gasteiger partial charge in [-0.15, -0.1) is 12.4 Å². The average molecular weight is 305 g/mol. The molecule has 0 bridgehead atoms. The van der Waals surface area contributed by atoms with Gasteiger partial charge in [-0.3, -0.25) is 4.79 Å². The van der Waals surface area contributed by atoms with Crippen molar-refractivity contribution in [3.05, 3.63) is 17.7 Å². The Morgan fingerprint density at radius 3 is 2.05 bits per heavy atom. The molecule has 0 aliphatic carbocycles. The van der Waals surface area contributed by atoms with Crippen molar-refractivity contribution in [1.29, 1.82) is 0 Å². The molecule has 1 amide bonds. The molecule has 1 aromatic carbocycles. The van der Waals surface area contributed by atoms with Gasteiger partial charge in [-0.1, -0.05) is 0 Å². The highest BCUT2D eigenvalue weighted by Gasteiger charge is 2.15. The molecule has 0 radical (unpaired) electrons. The molecule has 0 aliphatic heterocycles. The predicted octanol–water partition coefficient (Wildman–Crippen LogP) is 1.10. The van der Waals surface area contributed by atoms with Gasteiger partial charge in [0.05, 0.1) is 39.5 Å². The van der Waals surface area contributed by atoms with E-state index in [4.69, 9.17) is 19.9 Å². The number of nitrogens with two attached hydrogens (primary N) is 1. The zero-order valence-corrected chi connectivity index (χ0v) is 12.9. The summed E-state index contributed by atoms with van der Waals surface area (Å²) in [6.45, 7) is 1.90. The lowest BCUT2D eigenvalue weighted by Crippen LogP contribution is -2.37. The van der Waals surface area contributed by atoms with Crippen LogP contribution in [0.25, 0.3) is 0 Å². The molecule has 0 saturated heterocycles. The normalized spacial score (nSPS) is 11.1. The summed E-state index contributed by atoms with van der Waals surface area (Å²) in [5, 5.41) is 2.72. The van der Waals surface area contributed by atoms with Crippen molar-refractivity contribution in [2.75, 3.05) is 21.3 Å². The van der Waals surface area contributed by atoms with Crippen LogP contribution in [0.3, 0.4) is 0 Å². The van der Waals surface area contributed by atoms with E-state index in [1.54, 1.807) is 40.4 Å². The Balaban J connectivity index is 0.00000361. The summed E-state index contributed by atoms with van der Waals surface area (Å²) in [5.41, 5.74) is 6.23. The summed E-state index contributed by atoms with van der Waals surface area (Å²) in [6, 6.07) is 2.90. The van der Waals surface area contributed by atoms with Crippen LogP contribution in [0.1, 0.15) is 12.5 Å². The summed E-state index contributed by atoms with van der Waals surface area (Å²) < 4.78 is 15.7. The summed E-state index contributed by atoms with van der Waals surface area (Å²) in [4.78, 5) is 11.5. The third kappa shape index (κ3) is 4.47. The number of carbonyl (C=O) groups is 1. The van der Waals surface area contributed by atoms with E-state index >= 15 is 0 Å². The summed E-state index contributed by atoms with van der Waals surface area (Å²) in [5.74, 6) is 1.55. The zero-order chi connectivity index (χ0) is 14.4. The fourth-order valence-corrected chi connectivity index (χ4v) is 1.59. The molecule has 114 valence electrons. The first-order valence-corrected chi connectivity index (χ1v) is 5.85. The van der Waals surface area contributed by atoms with Crippen LogP contribution in [0.2, 0.25) is 0 Å². The molecule has 0 saturated carbocycles. The lowest BCUT2D eigenvalue weighted by molar-refractivity contribution is -0.122. The van der Waals surface area contributed by atoms with Crippen LogP contribution in [0.4, 0.5) is 0 Å². The largest absolute Gasteiger partial charge is 0.496 e. The average Bonchev–Trinajstić information content (AvgIpc) is 2.43. The molecular weight excluding hydrogens is 284 g/mol. The monoisotopic (exact) mass is 304 g/mol. The highest BCUT2D eigenvalue weighted by Crippen LogP contribution is 2.33. The van der Waals surface area contributed by atoms with Gasteiger partial charge in [-0.2, -0.15) is 0 Å². The van der Waals surface area contributed by atoms with Crippen LogP contribution >= 0.6 is 12.4 Å². The number of methoxy groups -OCH3 is 3. The predicted molar refractivity (Wildman–Crippen MR) is 78.8 cm³/mol. The van der Waals surface area contributed by atoms with Gasteiger partial charge in [0.1, 0.15) is 17.2 Å². The van der Waals surface area contributed by atoms with Crippen LogP contribution in [-0.4, -0.2) is 33.3 Å². The molecular formula is C13H21ClN2O4. The van der Waals surface area contributed by atoms with Gasteiger partial charge >= 0.3 is 0 Å². The lowest BCUT2D eigenvalue weighted by atomic mass is 10.1. The molecule has 7 heteroatoms. The minimum atomic E-state index is -0.560. The molecule has 1 aromatic rings. The van der Waals surface area contributed by atoms with Crippen molar-refractivity contribution in [3.8, 4) is 17.2 Å². The van der Waals surface area contributed by atoms with E-state index in [-0.39, 0.29) is 24.9 Å². The van der Waals surface area contributed by atoms with Crippen molar-refractivity contribution in [3.63, 3.8) is 0 Å². The van der Waals surface area contributed by atoms with Gasteiger partial charge in [-0.25, -0.2) is 0 Å². The fraction of sp³-hybridized carbons (Fsp3) is 0.462. The minimum absolute atomic E-state index is 0. The maximum absolute atomic E-state index is 11.5. The van der Waals surface area contributed by atoms with Crippen LogP contribution in [0, 0.1) is 0 Å². The number of carbonyl (C=O) groups excluding carboxylic acids is 1. The smallest absolute Gasteiger partial charge is 0.236 e. The molecule has 6 nitrogen and oxygen atoms in total. The van der Waals surface area contributed by atoms with Gasteiger partial charge in [0.15, 0.2) is 0 Å². The molecule has 3 N–H and O–H groups in total. The number of hydrogen-bond acceptors (Lipinski definition) is 5. The molecule has 0 fully saturated rings. The Labute approximate surface area is 125 Å². The van der Waals surface area contributed by atoms with Crippen molar-refractivity contribution in [1.82, 2.24) is 5.32 Å². The quantitative estimate of drug-likeness (QED) is 0.822. The standard InChI is InChI=1S/C13H20N2O4.ClH/c1-8(14)13(16)15-7-10-11(18-3)5-9(17-2)6-12(10)19-4;/h5-6,8H,7,14H2,1-4H3,(H,15,16);1H/t8-;/m0./s1. The molecule has 0 heterocycles. The Hall–Kier alpha value is -1.66. The first-order chi connectivity index (χ1) is 9.03. The van der Waals surface area contributed by atoms with Gasteiger partial charge in [-0.05, 0) is 6.92 Å². The van der Waals surface area contributed by atoms with Gasteiger partial charge in [0.25, 0.3) is 0 Å². The van der Waals surface area contributed by atoms with Crippen molar-refractivity contribution >= 4 is 18.3 Å². The van der Waals surface area contributed by atoms with Crippen LogP contribution in [-0.2, 0) is 11.3 Å². The van der Waals surface area contributed by atoms with Crippen molar-refractivity contribution in [2.45, 2.75) is 19.5 Å². The second kappa shape index (κ2) is 8.50. The van der Waals surface area contributed by atoms with Gasteiger partial charge in [0, 0.05) is 12.1 Å². The van der Waals surface area contributed by atoms with E-state index in [1.807, 2.05) is 0 Å².